The van der Waals surface area contributed by atoms with Gasteiger partial charge in [0.1, 0.15) is 11.4 Å². The van der Waals surface area contributed by atoms with Crippen LogP contribution in [0.1, 0.15) is 41.0 Å². The molecule has 0 radical (unpaired) electrons. The predicted molar refractivity (Wildman–Crippen MR) is 85.7 cm³/mol. The largest absolute Gasteiger partial charge is 0.494 e. The van der Waals surface area contributed by atoms with E-state index in [0.717, 1.165) is 11.4 Å². The Morgan fingerprint density at radius 3 is 2.29 bits per heavy atom. The monoisotopic (exact) mass is 293 g/mol. The quantitative estimate of drug-likeness (QED) is 0.791. The zero-order valence-corrected chi connectivity index (χ0v) is 13.7. The highest BCUT2D eigenvalue weighted by atomic mass is 16.5. The number of benzene rings is 1. The number of amides is 1. The molecule has 1 aromatic carbocycles. The molecule has 1 N–H and O–H groups in total. The Morgan fingerprint density at radius 1 is 1.19 bits per heavy atom. The van der Waals surface area contributed by atoms with E-state index >= 15 is 0 Å². The molecule has 0 aliphatic carbocycles. The van der Waals surface area contributed by atoms with Gasteiger partial charge in [0.05, 0.1) is 6.61 Å². The SMILES string of the molecule is CCOc1ccc(NC(=O)[C@@](C)(CC(C)C)OCC)cc1. The zero-order chi connectivity index (χ0) is 15.9. The lowest BCUT2D eigenvalue weighted by Crippen LogP contribution is -2.43. The lowest BCUT2D eigenvalue weighted by Gasteiger charge is -2.29. The molecule has 0 aliphatic rings. The van der Waals surface area contributed by atoms with Crippen LogP contribution in [-0.4, -0.2) is 24.7 Å². The topological polar surface area (TPSA) is 47.6 Å². The van der Waals surface area contributed by atoms with Gasteiger partial charge >= 0.3 is 0 Å². The van der Waals surface area contributed by atoms with Crippen molar-refractivity contribution < 1.29 is 14.3 Å². The lowest BCUT2D eigenvalue weighted by atomic mass is 9.93. The first-order valence-electron chi connectivity index (χ1n) is 7.59. The molecular weight excluding hydrogens is 266 g/mol. The van der Waals surface area contributed by atoms with Crippen molar-refractivity contribution in [2.45, 2.75) is 46.6 Å². The van der Waals surface area contributed by atoms with E-state index in [2.05, 4.69) is 19.2 Å². The molecule has 0 bridgehead atoms. The summed E-state index contributed by atoms with van der Waals surface area (Å²) in [6.45, 7) is 11.0. The van der Waals surface area contributed by atoms with E-state index in [4.69, 9.17) is 9.47 Å². The van der Waals surface area contributed by atoms with E-state index in [1.54, 1.807) is 0 Å². The molecule has 4 nitrogen and oxygen atoms in total. The van der Waals surface area contributed by atoms with Crippen LogP contribution in [0.2, 0.25) is 0 Å². The summed E-state index contributed by atoms with van der Waals surface area (Å²) < 4.78 is 11.1. The van der Waals surface area contributed by atoms with Crippen LogP contribution in [0.5, 0.6) is 5.75 Å². The Hall–Kier alpha value is -1.55. The molecule has 0 fully saturated rings. The minimum atomic E-state index is -0.804. The first kappa shape index (κ1) is 17.5. The zero-order valence-electron chi connectivity index (χ0n) is 13.7. The van der Waals surface area contributed by atoms with Crippen LogP contribution in [0, 0.1) is 5.92 Å². The summed E-state index contributed by atoms with van der Waals surface area (Å²) in [7, 11) is 0. The molecule has 0 unspecified atom stereocenters. The molecule has 1 rings (SSSR count). The second-order valence-electron chi connectivity index (χ2n) is 5.67. The van der Waals surface area contributed by atoms with Crippen LogP contribution in [-0.2, 0) is 9.53 Å². The molecule has 1 atom stereocenters. The van der Waals surface area contributed by atoms with E-state index in [1.807, 2.05) is 45.0 Å². The van der Waals surface area contributed by atoms with E-state index in [0.29, 0.717) is 25.6 Å². The van der Waals surface area contributed by atoms with Crippen LogP contribution in [0.25, 0.3) is 0 Å². The number of hydrogen-bond acceptors (Lipinski definition) is 3. The second kappa shape index (κ2) is 8.03. The van der Waals surface area contributed by atoms with Crippen molar-refractivity contribution in [1.29, 1.82) is 0 Å². The van der Waals surface area contributed by atoms with Gasteiger partial charge in [-0.2, -0.15) is 0 Å². The number of rotatable bonds is 8. The molecule has 21 heavy (non-hydrogen) atoms. The molecule has 118 valence electrons. The number of carbonyl (C=O) groups excluding carboxylic acids is 1. The van der Waals surface area contributed by atoms with E-state index in [9.17, 15) is 4.79 Å². The Bertz CT molecular complexity index is 442. The number of carbonyl (C=O) groups is 1. The van der Waals surface area contributed by atoms with Crippen LogP contribution in [0.15, 0.2) is 24.3 Å². The molecule has 1 aromatic rings. The van der Waals surface area contributed by atoms with E-state index in [1.165, 1.54) is 0 Å². The smallest absolute Gasteiger partial charge is 0.256 e. The van der Waals surface area contributed by atoms with Crippen LogP contribution >= 0.6 is 0 Å². The van der Waals surface area contributed by atoms with Gasteiger partial charge in [-0.25, -0.2) is 0 Å². The summed E-state index contributed by atoms with van der Waals surface area (Å²) in [5.74, 6) is 1.07. The molecule has 4 heteroatoms. The summed E-state index contributed by atoms with van der Waals surface area (Å²) >= 11 is 0. The highest BCUT2D eigenvalue weighted by Crippen LogP contribution is 2.24. The van der Waals surface area contributed by atoms with Gasteiger partial charge in [-0.1, -0.05) is 13.8 Å². The molecule has 1 amide bonds. The van der Waals surface area contributed by atoms with Crippen molar-refractivity contribution in [3.05, 3.63) is 24.3 Å². The van der Waals surface area contributed by atoms with Crippen LogP contribution < -0.4 is 10.1 Å². The van der Waals surface area contributed by atoms with E-state index in [-0.39, 0.29) is 5.91 Å². The standard InChI is InChI=1S/C17H27NO3/c1-6-20-15-10-8-14(9-11-15)18-16(19)17(5,21-7-2)12-13(3)4/h8-11,13H,6-7,12H2,1-5H3,(H,18,19)/t17-/m1/s1. The molecule has 0 aromatic heterocycles. The Morgan fingerprint density at radius 2 is 1.81 bits per heavy atom. The second-order valence-corrected chi connectivity index (χ2v) is 5.67. The van der Waals surface area contributed by atoms with Crippen molar-refractivity contribution >= 4 is 11.6 Å². The van der Waals surface area contributed by atoms with Crippen molar-refractivity contribution in [3.8, 4) is 5.75 Å². The summed E-state index contributed by atoms with van der Waals surface area (Å²) in [5, 5.41) is 2.92. The van der Waals surface area contributed by atoms with Gasteiger partial charge in [0.2, 0.25) is 0 Å². The molecule has 0 heterocycles. The highest BCUT2D eigenvalue weighted by Gasteiger charge is 2.34. The van der Waals surface area contributed by atoms with Crippen LogP contribution in [0.4, 0.5) is 5.69 Å². The third-order valence-electron chi connectivity index (χ3n) is 3.16. The van der Waals surface area contributed by atoms with Crippen molar-refractivity contribution in [2.24, 2.45) is 5.92 Å². The summed E-state index contributed by atoms with van der Waals surface area (Å²) in [6, 6.07) is 7.37. The van der Waals surface area contributed by atoms with Crippen molar-refractivity contribution in [3.63, 3.8) is 0 Å². The average molecular weight is 293 g/mol. The minimum absolute atomic E-state index is 0.109. The Kier molecular flexibility index (Phi) is 6.69. The van der Waals surface area contributed by atoms with Gasteiger partial charge < -0.3 is 14.8 Å². The van der Waals surface area contributed by atoms with Crippen molar-refractivity contribution in [1.82, 2.24) is 0 Å². The van der Waals surface area contributed by atoms with Gasteiger partial charge in [0.15, 0.2) is 0 Å². The first-order chi connectivity index (χ1) is 9.91. The van der Waals surface area contributed by atoms with Gasteiger partial charge in [-0.05, 0) is 57.4 Å². The minimum Gasteiger partial charge on any atom is -0.494 e. The lowest BCUT2D eigenvalue weighted by molar-refractivity contribution is -0.140. The van der Waals surface area contributed by atoms with E-state index < -0.39 is 5.60 Å². The fraction of sp³-hybridized carbons (Fsp3) is 0.588. The maximum absolute atomic E-state index is 12.5. The number of hydrogen-bond donors (Lipinski definition) is 1. The number of anilines is 1. The summed E-state index contributed by atoms with van der Waals surface area (Å²) in [4.78, 5) is 12.5. The fourth-order valence-electron chi connectivity index (χ4n) is 2.38. The Labute approximate surface area is 127 Å². The van der Waals surface area contributed by atoms with Gasteiger partial charge in [-0.3, -0.25) is 4.79 Å². The summed E-state index contributed by atoms with van der Waals surface area (Å²) in [6.07, 6.45) is 0.684. The number of nitrogens with one attached hydrogen (secondary N) is 1. The molecule has 0 aliphatic heterocycles. The van der Waals surface area contributed by atoms with Gasteiger partial charge in [0, 0.05) is 12.3 Å². The molecular formula is C17H27NO3. The third kappa shape index (κ3) is 5.38. The van der Waals surface area contributed by atoms with Gasteiger partial charge in [-0.15, -0.1) is 0 Å². The third-order valence-corrected chi connectivity index (χ3v) is 3.16. The maximum atomic E-state index is 12.5. The fourth-order valence-corrected chi connectivity index (χ4v) is 2.38. The highest BCUT2D eigenvalue weighted by molar-refractivity contribution is 5.97. The normalized spacial score (nSPS) is 13.8. The maximum Gasteiger partial charge on any atom is 0.256 e. The molecule has 0 spiro atoms. The van der Waals surface area contributed by atoms with Crippen molar-refractivity contribution in [2.75, 3.05) is 18.5 Å². The summed E-state index contributed by atoms with van der Waals surface area (Å²) in [5.41, 5.74) is -0.0558. The molecule has 0 saturated heterocycles. The average Bonchev–Trinajstić information content (AvgIpc) is 2.40. The van der Waals surface area contributed by atoms with Gasteiger partial charge in [0.25, 0.3) is 5.91 Å². The molecule has 0 saturated carbocycles. The van der Waals surface area contributed by atoms with Crippen LogP contribution in [0.3, 0.4) is 0 Å². The number of ether oxygens (including phenoxy) is 2. The predicted octanol–water partition coefficient (Wildman–Crippen LogP) is 3.87. The Balaban J connectivity index is 2.76. The first-order valence-corrected chi connectivity index (χ1v) is 7.59.